The predicted molar refractivity (Wildman–Crippen MR) is 37.1 cm³/mol. The maximum atomic E-state index is 5.43. The van der Waals surface area contributed by atoms with Gasteiger partial charge in [-0.2, -0.15) is 0 Å². The van der Waals surface area contributed by atoms with Crippen molar-refractivity contribution in [2.75, 3.05) is 26.8 Å². The van der Waals surface area contributed by atoms with Crippen molar-refractivity contribution in [1.29, 1.82) is 0 Å². The van der Waals surface area contributed by atoms with Gasteiger partial charge in [-0.25, -0.2) is 5.01 Å². The predicted octanol–water partition coefficient (Wildman–Crippen LogP) is -0.445. The van der Waals surface area contributed by atoms with E-state index in [1.165, 1.54) is 0 Å². The maximum Gasteiger partial charge on any atom is 0.179 e. The van der Waals surface area contributed by atoms with Crippen LogP contribution in [0, 0.1) is 0 Å². The molecule has 1 heterocycles. The zero-order chi connectivity index (χ0) is 7.61. The summed E-state index contributed by atoms with van der Waals surface area (Å²) < 4.78 is 10.6. The number of nitrogens with two attached hydrogens (primary N) is 1. The number of likely N-dealkylation sites (N-methyl/N-ethyl adjacent to an activating group) is 1. The molecule has 60 valence electrons. The molecule has 4 nitrogen and oxygen atoms in total. The number of rotatable bonds is 2. The zero-order valence-electron chi connectivity index (χ0n) is 6.46. The van der Waals surface area contributed by atoms with Crippen molar-refractivity contribution < 1.29 is 9.47 Å². The van der Waals surface area contributed by atoms with E-state index in [1.807, 2.05) is 6.92 Å². The summed E-state index contributed by atoms with van der Waals surface area (Å²) in [5.41, 5.74) is 0. The fraction of sp³-hybridized carbons (Fsp3) is 1.00. The van der Waals surface area contributed by atoms with E-state index in [1.54, 1.807) is 12.1 Å². The van der Waals surface area contributed by atoms with Gasteiger partial charge in [0.1, 0.15) is 0 Å². The van der Waals surface area contributed by atoms with Gasteiger partial charge < -0.3 is 9.47 Å². The van der Waals surface area contributed by atoms with Crippen LogP contribution in [-0.2, 0) is 9.47 Å². The molecule has 0 aromatic carbocycles. The molecule has 1 fully saturated rings. The van der Waals surface area contributed by atoms with Crippen LogP contribution in [0.5, 0.6) is 0 Å². The number of hydrogen-bond donors (Lipinski definition) is 1. The minimum atomic E-state index is -0.483. The molecular weight excluding hydrogens is 132 g/mol. The Balaban J connectivity index is 2.36. The van der Waals surface area contributed by atoms with Crippen molar-refractivity contribution in [3.8, 4) is 0 Å². The Kier molecular flexibility index (Phi) is 2.25. The van der Waals surface area contributed by atoms with Gasteiger partial charge in [-0.1, -0.05) is 0 Å². The van der Waals surface area contributed by atoms with Gasteiger partial charge in [0.05, 0.1) is 19.8 Å². The number of ether oxygens (including phenoxy) is 2. The lowest BCUT2D eigenvalue weighted by molar-refractivity contribution is -0.153. The summed E-state index contributed by atoms with van der Waals surface area (Å²) in [7, 11) is 1.79. The van der Waals surface area contributed by atoms with Crippen molar-refractivity contribution in [2.24, 2.45) is 5.84 Å². The molecule has 4 heteroatoms. The van der Waals surface area contributed by atoms with Crippen LogP contribution in [-0.4, -0.2) is 37.6 Å². The van der Waals surface area contributed by atoms with Crippen LogP contribution in [0.15, 0.2) is 0 Å². The van der Waals surface area contributed by atoms with Crippen molar-refractivity contribution in [3.63, 3.8) is 0 Å². The van der Waals surface area contributed by atoms with Gasteiger partial charge >= 0.3 is 0 Å². The molecule has 1 saturated heterocycles. The van der Waals surface area contributed by atoms with Gasteiger partial charge in [0.2, 0.25) is 0 Å². The number of hydrogen-bond acceptors (Lipinski definition) is 4. The molecule has 0 bridgehead atoms. The summed E-state index contributed by atoms with van der Waals surface area (Å²) in [4.78, 5) is 0. The van der Waals surface area contributed by atoms with Crippen LogP contribution in [0.1, 0.15) is 6.92 Å². The standard InChI is InChI=1S/C6H14N2O2/c1-6(5-8(2)7)9-3-4-10-6/h3-5,7H2,1-2H3. The summed E-state index contributed by atoms with van der Waals surface area (Å²) in [6, 6.07) is 0. The summed E-state index contributed by atoms with van der Waals surface area (Å²) in [5.74, 6) is 4.95. The van der Waals surface area contributed by atoms with E-state index >= 15 is 0 Å². The normalized spacial score (nSPS) is 24.0. The molecule has 1 aliphatic heterocycles. The summed E-state index contributed by atoms with van der Waals surface area (Å²) >= 11 is 0. The van der Waals surface area contributed by atoms with Gasteiger partial charge in [-0.15, -0.1) is 0 Å². The second-order valence-corrected chi connectivity index (χ2v) is 2.75. The van der Waals surface area contributed by atoms with Crippen molar-refractivity contribution in [2.45, 2.75) is 12.7 Å². The van der Waals surface area contributed by atoms with Crippen LogP contribution in [0.3, 0.4) is 0 Å². The molecule has 1 rings (SSSR count). The molecular formula is C6H14N2O2. The molecule has 0 unspecified atom stereocenters. The SMILES string of the molecule is CN(N)CC1(C)OCCO1. The Hall–Kier alpha value is -0.160. The molecule has 0 spiro atoms. The Morgan fingerprint density at radius 1 is 1.50 bits per heavy atom. The maximum absolute atomic E-state index is 5.43. The van der Waals surface area contributed by atoms with E-state index in [0.29, 0.717) is 19.8 Å². The van der Waals surface area contributed by atoms with E-state index in [-0.39, 0.29) is 0 Å². The first kappa shape index (κ1) is 7.94. The van der Waals surface area contributed by atoms with E-state index in [4.69, 9.17) is 15.3 Å². The lowest BCUT2D eigenvalue weighted by Gasteiger charge is -2.25. The van der Waals surface area contributed by atoms with Crippen molar-refractivity contribution >= 4 is 0 Å². The molecule has 0 amide bonds. The van der Waals surface area contributed by atoms with Gasteiger partial charge in [0.25, 0.3) is 0 Å². The smallest absolute Gasteiger partial charge is 0.179 e. The lowest BCUT2D eigenvalue weighted by atomic mass is 10.3. The monoisotopic (exact) mass is 146 g/mol. The first-order valence-electron chi connectivity index (χ1n) is 3.36. The van der Waals surface area contributed by atoms with Gasteiger partial charge in [0, 0.05) is 7.05 Å². The Labute approximate surface area is 60.9 Å². The Morgan fingerprint density at radius 2 is 2.00 bits per heavy atom. The molecule has 0 aromatic heterocycles. The third kappa shape index (κ3) is 1.91. The van der Waals surface area contributed by atoms with Crippen molar-refractivity contribution in [1.82, 2.24) is 5.01 Å². The topological polar surface area (TPSA) is 47.7 Å². The number of hydrazine groups is 1. The van der Waals surface area contributed by atoms with Crippen LogP contribution >= 0.6 is 0 Å². The highest BCUT2D eigenvalue weighted by molar-refractivity contribution is 4.69. The van der Waals surface area contributed by atoms with Crippen LogP contribution < -0.4 is 5.84 Å². The molecule has 0 aromatic rings. The second kappa shape index (κ2) is 2.84. The Morgan fingerprint density at radius 3 is 2.40 bits per heavy atom. The average Bonchev–Trinajstić information content (AvgIpc) is 2.12. The van der Waals surface area contributed by atoms with Gasteiger partial charge in [0.15, 0.2) is 5.79 Å². The average molecular weight is 146 g/mol. The third-order valence-corrected chi connectivity index (χ3v) is 1.43. The highest BCUT2D eigenvalue weighted by Crippen LogP contribution is 2.17. The Bertz CT molecular complexity index is 110. The quantitative estimate of drug-likeness (QED) is 0.423. The molecule has 0 aliphatic carbocycles. The second-order valence-electron chi connectivity index (χ2n) is 2.75. The first-order chi connectivity index (χ1) is 4.62. The lowest BCUT2D eigenvalue weighted by Crippen LogP contribution is -2.43. The van der Waals surface area contributed by atoms with E-state index in [0.717, 1.165) is 0 Å². The summed E-state index contributed by atoms with van der Waals surface area (Å²) in [5, 5.41) is 1.56. The first-order valence-corrected chi connectivity index (χ1v) is 3.36. The van der Waals surface area contributed by atoms with E-state index in [2.05, 4.69) is 0 Å². The minimum Gasteiger partial charge on any atom is -0.346 e. The molecule has 2 N–H and O–H groups in total. The highest BCUT2D eigenvalue weighted by atomic mass is 16.7. The van der Waals surface area contributed by atoms with Crippen molar-refractivity contribution in [3.05, 3.63) is 0 Å². The molecule has 10 heavy (non-hydrogen) atoms. The highest BCUT2D eigenvalue weighted by Gasteiger charge is 2.31. The molecule has 1 aliphatic rings. The van der Waals surface area contributed by atoms with Crippen LogP contribution in [0.2, 0.25) is 0 Å². The fourth-order valence-electron chi connectivity index (χ4n) is 1.10. The van der Waals surface area contributed by atoms with Gasteiger partial charge in [-0.3, -0.25) is 5.84 Å². The summed E-state index contributed by atoms with van der Waals surface area (Å²) in [6.45, 7) is 3.84. The van der Waals surface area contributed by atoms with Crippen LogP contribution in [0.4, 0.5) is 0 Å². The molecule has 0 saturated carbocycles. The van der Waals surface area contributed by atoms with E-state index in [9.17, 15) is 0 Å². The van der Waals surface area contributed by atoms with E-state index < -0.39 is 5.79 Å². The molecule has 0 atom stereocenters. The van der Waals surface area contributed by atoms with Crippen LogP contribution in [0.25, 0.3) is 0 Å². The van der Waals surface area contributed by atoms with Gasteiger partial charge in [-0.05, 0) is 6.92 Å². The number of nitrogens with zero attached hydrogens (tertiary/aromatic N) is 1. The fourth-order valence-corrected chi connectivity index (χ4v) is 1.10. The third-order valence-electron chi connectivity index (χ3n) is 1.43. The zero-order valence-corrected chi connectivity index (χ0v) is 6.46. The summed E-state index contributed by atoms with van der Waals surface area (Å²) in [6.07, 6.45) is 0. The molecule has 0 radical (unpaired) electrons. The minimum absolute atomic E-state index is 0.483. The largest absolute Gasteiger partial charge is 0.346 e.